The summed E-state index contributed by atoms with van der Waals surface area (Å²) in [5.41, 5.74) is 0.688. The third-order valence-corrected chi connectivity index (χ3v) is 4.99. The molecule has 1 heterocycles. The molecule has 1 N–H and O–H groups in total. The van der Waals surface area contributed by atoms with E-state index < -0.39 is 15.9 Å². The number of benzene rings is 1. The van der Waals surface area contributed by atoms with Crippen molar-refractivity contribution < 1.29 is 13.2 Å². The summed E-state index contributed by atoms with van der Waals surface area (Å²) in [4.78, 5) is 12.1. The number of nitrogens with zero attached hydrogens (tertiary/aromatic N) is 2. The average molecular weight is 414 g/mol. The van der Waals surface area contributed by atoms with Gasteiger partial charge in [0.1, 0.15) is 0 Å². The van der Waals surface area contributed by atoms with Gasteiger partial charge in [-0.3, -0.25) is 4.79 Å². The van der Waals surface area contributed by atoms with Crippen LogP contribution in [0.3, 0.4) is 0 Å². The zero-order valence-electron chi connectivity index (χ0n) is 13.8. The van der Waals surface area contributed by atoms with Gasteiger partial charge in [-0.05, 0) is 36.1 Å². The number of hydrogen-bond donors (Lipinski definition) is 1. The molecule has 2 rings (SSSR count). The Bertz CT molecular complexity index is 838. The molecule has 24 heavy (non-hydrogen) atoms. The van der Waals surface area contributed by atoms with Crippen LogP contribution in [0.1, 0.15) is 37.7 Å². The quantitative estimate of drug-likeness (QED) is 0.815. The van der Waals surface area contributed by atoms with Gasteiger partial charge in [0.25, 0.3) is 5.91 Å². The molecule has 1 aromatic heterocycles. The van der Waals surface area contributed by atoms with Crippen molar-refractivity contribution in [2.45, 2.75) is 27.2 Å². The Morgan fingerprint density at radius 1 is 1.29 bits per heavy atom. The lowest BCUT2D eigenvalue weighted by Gasteiger charge is -2.17. The molecule has 130 valence electrons. The summed E-state index contributed by atoms with van der Waals surface area (Å²) in [7, 11) is -3.68. The number of amides is 1. The zero-order chi connectivity index (χ0) is 18.0. The van der Waals surface area contributed by atoms with Gasteiger partial charge in [0.15, 0.2) is 5.69 Å². The van der Waals surface area contributed by atoms with Crippen molar-refractivity contribution in [1.82, 2.24) is 14.5 Å². The highest BCUT2D eigenvalue weighted by atomic mass is 79.9. The van der Waals surface area contributed by atoms with Crippen LogP contribution in [0.15, 0.2) is 41.0 Å². The van der Waals surface area contributed by atoms with Crippen molar-refractivity contribution in [3.05, 3.63) is 46.7 Å². The molecule has 0 atom stereocenters. The summed E-state index contributed by atoms with van der Waals surface area (Å²) in [6, 6.07) is 8.88. The number of sulfonamides is 1. The molecule has 0 unspecified atom stereocenters. The van der Waals surface area contributed by atoms with Crippen molar-refractivity contribution in [3.8, 4) is 5.69 Å². The molecular weight excluding hydrogens is 394 g/mol. The van der Waals surface area contributed by atoms with Gasteiger partial charge in [0.2, 0.25) is 10.0 Å². The molecule has 8 heteroatoms. The van der Waals surface area contributed by atoms with E-state index in [-0.39, 0.29) is 16.9 Å². The fraction of sp³-hybridized carbons (Fsp3) is 0.375. The van der Waals surface area contributed by atoms with Crippen LogP contribution in [0, 0.1) is 5.41 Å². The van der Waals surface area contributed by atoms with Crippen LogP contribution in [0.25, 0.3) is 5.69 Å². The molecule has 0 aliphatic rings. The van der Waals surface area contributed by atoms with Crippen molar-refractivity contribution in [2.75, 3.05) is 5.75 Å². The lowest BCUT2D eigenvalue weighted by molar-refractivity contribution is 0.0976. The molecule has 1 amide bonds. The maximum atomic E-state index is 12.1. The van der Waals surface area contributed by atoms with Crippen LogP contribution in [-0.2, 0) is 10.0 Å². The van der Waals surface area contributed by atoms with E-state index in [0.717, 1.165) is 10.2 Å². The van der Waals surface area contributed by atoms with Gasteiger partial charge in [-0.25, -0.2) is 17.8 Å². The van der Waals surface area contributed by atoms with E-state index in [0.29, 0.717) is 6.42 Å². The first-order valence-electron chi connectivity index (χ1n) is 7.42. The Balaban J connectivity index is 2.08. The van der Waals surface area contributed by atoms with Gasteiger partial charge in [-0.15, -0.1) is 0 Å². The Hall–Kier alpha value is -1.67. The number of halogens is 1. The smallest absolute Gasteiger partial charge is 0.266 e. The standard InChI is InChI=1S/C16H20BrN3O3S/c1-16(2,3)8-10-24(22,23)19-15(21)14-7-9-20(18-14)13-6-4-5-12(17)11-13/h4-7,9,11H,8,10H2,1-3H3,(H,19,21). The molecule has 0 fully saturated rings. The summed E-state index contributed by atoms with van der Waals surface area (Å²) in [5.74, 6) is -0.827. The van der Waals surface area contributed by atoms with Gasteiger partial charge in [0, 0.05) is 10.7 Å². The summed E-state index contributed by atoms with van der Waals surface area (Å²) in [6.45, 7) is 5.85. The van der Waals surface area contributed by atoms with Crippen LogP contribution < -0.4 is 4.72 Å². The number of carbonyl (C=O) groups excluding carboxylic acids is 1. The highest BCUT2D eigenvalue weighted by Crippen LogP contribution is 2.19. The minimum Gasteiger partial charge on any atom is -0.266 e. The van der Waals surface area contributed by atoms with Gasteiger partial charge in [0.05, 0.1) is 11.4 Å². The summed E-state index contributed by atoms with van der Waals surface area (Å²) >= 11 is 3.37. The fourth-order valence-electron chi connectivity index (χ4n) is 1.89. The summed E-state index contributed by atoms with van der Waals surface area (Å²) in [6.07, 6.45) is 2.07. The predicted octanol–water partition coefficient (Wildman–Crippen LogP) is 3.13. The number of rotatable bonds is 5. The van der Waals surface area contributed by atoms with Gasteiger partial charge >= 0.3 is 0 Å². The second-order valence-electron chi connectivity index (χ2n) is 6.69. The average Bonchev–Trinajstić information content (AvgIpc) is 2.94. The molecule has 0 bridgehead atoms. The molecule has 0 radical (unpaired) electrons. The molecule has 1 aromatic carbocycles. The lowest BCUT2D eigenvalue weighted by atomic mass is 9.94. The molecule has 0 aliphatic carbocycles. The monoisotopic (exact) mass is 413 g/mol. The van der Waals surface area contributed by atoms with E-state index in [4.69, 9.17) is 0 Å². The van der Waals surface area contributed by atoms with Crippen LogP contribution in [0.2, 0.25) is 0 Å². The van der Waals surface area contributed by atoms with Crippen molar-refractivity contribution in [2.24, 2.45) is 5.41 Å². The topological polar surface area (TPSA) is 81.1 Å². The van der Waals surface area contributed by atoms with Crippen LogP contribution in [0.4, 0.5) is 0 Å². The summed E-state index contributed by atoms with van der Waals surface area (Å²) in [5, 5.41) is 4.13. The van der Waals surface area contributed by atoms with E-state index >= 15 is 0 Å². The first kappa shape index (κ1) is 18.7. The Kier molecular flexibility index (Phi) is 5.49. The van der Waals surface area contributed by atoms with Crippen LogP contribution >= 0.6 is 15.9 Å². The van der Waals surface area contributed by atoms with Gasteiger partial charge < -0.3 is 0 Å². The Morgan fingerprint density at radius 3 is 2.62 bits per heavy atom. The fourth-order valence-corrected chi connectivity index (χ4v) is 3.65. The van der Waals surface area contributed by atoms with E-state index in [1.807, 2.05) is 45.0 Å². The molecule has 0 aliphatic heterocycles. The molecule has 6 nitrogen and oxygen atoms in total. The molecule has 2 aromatic rings. The second-order valence-corrected chi connectivity index (χ2v) is 9.44. The van der Waals surface area contributed by atoms with E-state index in [2.05, 4.69) is 25.8 Å². The number of aromatic nitrogens is 2. The third kappa shape index (κ3) is 5.45. The first-order chi connectivity index (χ1) is 11.1. The van der Waals surface area contributed by atoms with E-state index in [1.54, 1.807) is 6.20 Å². The number of carbonyl (C=O) groups is 1. The highest BCUT2D eigenvalue weighted by Gasteiger charge is 2.21. The normalized spacial score (nSPS) is 12.2. The maximum Gasteiger partial charge on any atom is 0.285 e. The van der Waals surface area contributed by atoms with Crippen molar-refractivity contribution in [3.63, 3.8) is 0 Å². The molecular formula is C16H20BrN3O3S. The van der Waals surface area contributed by atoms with Gasteiger partial charge in [-0.1, -0.05) is 42.8 Å². The highest BCUT2D eigenvalue weighted by molar-refractivity contribution is 9.10. The van der Waals surface area contributed by atoms with Gasteiger partial charge in [-0.2, -0.15) is 5.10 Å². The molecule has 0 saturated carbocycles. The first-order valence-corrected chi connectivity index (χ1v) is 9.87. The van der Waals surface area contributed by atoms with E-state index in [1.165, 1.54) is 10.7 Å². The van der Waals surface area contributed by atoms with Crippen molar-refractivity contribution in [1.29, 1.82) is 0 Å². The van der Waals surface area contributed by atoms with E-state index in [9.17, 15) is 13.2 Å². The zero-order valence-corrected chi connectivity index (χ0v) is 16.2. The Morgan fingerprint density at radius 2 is 2.00 bits per heavy atom. The predicted molar refractivity (Wildman–Crippen MR) is 96.6 cm³/mol. The molecule has 0 spiro atoms. The lowest BCUT2D eigenvalue weighted by Crippen LogP contribution is -2.34. The van der Waals surface area contributed by atoms with Crippen LogP contribution in [0.5, 0.6) is 0 Å². The second kappa shape index (κ2) is 7.06. The third-order valence-electron chi connectivity index (χ3n) is 3.26. The summed E-state index contributed by atoms with van der Waals surface area (Å²) < 4.78 is 28.5. The largest absolute Gasteiger partial charge is 0.285 e. The number of nitrogens with one attached hydrogen (secondary N) is 1. The van der Waals surface area contributed by atoms with Crippen molar-refractivity contribution >= 4 is 31.9 Å². The Labute approximate surface area is 150 Å². The maximum absolute atomic E-state index is 12.1. The molecule has 0 saturated heterocycles. The number of hydrogen-bond acceptors (Lipinski definition) is 4. The minimum atomic E-state index is -3.68. The van der Waals surface area contributed by atoms with Crippen LogP contribution in [-0.4, -0.2) is 29.9 Å². The SMILES string of the molecule is CC(C)(C)CCS(=O)(=O)NC(=O)c1ccn(-c2cccc(Br)c2)n1. The minimum absolute atomic E-state index is 0.0503.